The Hall–Kier alpha value is -0.930. The molecule has 3 nitrogen and oxygen atoms in total. The minimum atomic E-state index is -0.265. The molecule has 0 fully saturated rings. The minimum Gasteiger partial charge on any atom is -0.392 e. The van der Waals surface area contributed by atoms with E-state index < -0.39 is 0 Å². The minimum absolute atomic E-state index is 0.232. The highest BCUT2D eigenvalue weighted by molar-refractivity contribution is 5.12. The summed E-state index contributed by atoms with van der Waals surface area (Å²) in [5.74, 6) is 0.533. The molecule has 1 aromatic heterocycles. The van der Waals surface area contributed by atoms with Gasteiger partial charge in [-0.1, -0.05) is 19.9 Å². The van der Waals surface area contributed by atoms with E-state index in [4.69, 9.17) is 0 Å². The Balaban J connectivity index is 2.33. The number of aliphatic hydroxyl groups is 1. The quantitative estimate of drug-likeness (QED) is 0.775. The number of nitrogens with zero attached hydrogens (tertiary/aromatic N) is 1. The van der Waals surface area contributed by atoms with Gasteiger partial charge in [-0.15, -0.1) is 0 Å². The van der Waals surface area contributed by atoms with E-state index in [1.54, 1.807) is 6.20 Å². The number of rotatable bonds is 6. The zero-order chi connectivity index (χ0) is 12.0. The summed E-state index contributed by atoms with van der Waals surface area (Å²) in [5, 5.41) is 13.1. The molecule has 0 saturated heterocycles. The van der Waals surface area contributed by atoms with Gasteiger partial charge in [-0.25, -0.2) is 0 Å². The Morgan fingerprint density at radius 2 is 2.12 bits per heavy atom. The first kappa shape index (κ1) is 13.1. The number of hydrogen-bond donors (Lipinski definition) is 2. The van der Waals surface area contributed by atoms with E-state index in [-0.39, 0.29) is 12.1 Å². The molecular weight excluding hydrogens is 200 g/mol. The van der Waals surface area contributed by atoms with Crippen molar-refractivity contribution in [2.24, 2.45) is 5.92 Å². The van der Waals surface area contributed by atoms with Gasteiger partial charge in [0.25, 0.3) is 0 Å². The van der Waals surface area contributed by atoms with E-state index in [1.165, 1.54) is 0 Å². The Morgan fingerprint density at radius 1 is 1.38 bits per heavy atom. The Kier molecular flexibility index (Phi) is 5.43. The maximum absolute atomic E-state index is 9.74. The fraction of sp³-hybridized carbons (Fsp3) is 0.615. The van der Waals surface area contributed by atoms with Gasteiger partial charge in [-0.2, -0.15) is 0 Å². The maximum atomic E-state index is 9.74. The van der Waals surface area contributed by atoms with Crippen LogP contribution in [0.3, 0.4) is 0 Å². The van der Waals surface area contributed by atoms with Crippen LogP contribution >= 0.6 is 0 Å². The SMILES string of the molecule is CC(C)CC(O)CNC(C)c1cccnc1. The van der Waals surface area contributed by atoms with Crippen molar-refractivity contribution in [2.45, 2.75) is 39.3 Å². The van der Waals surface area contributed by atoms with Crippen molar-refractivity contribution >= 4 is 0 Å². The average molecular weight is 222 g/mol. The molecule has 0 radical (unpaired) electrons. The summed E-state index contributed by atoms with van der Waals surface area (Å²) >= 11 is 0. The lowest BCUT2D eigenvalue weighted by molar-refractivity contribution is 0.143. The van der Waals surface area contributed by atoms with Crippen LogP contribution in [0.25, 0.3) is 0 Å². The molecule has 0 saturated carbocycles. The summed E-state index contributed by atoms with van der Waals surface area (Å²) in [4.78, 5) is 4.08. The monoisotopic (exact) mass is 222 g/mol. The number of hydrogen-bond acceptors (Lipinski definition) is 3. The molecule has 3 heteroatoms. The van der Waals surface area contributed by atoms with Crippen molar-refractivity contribution < 1.29 is 5.11 Å². The third-order valence-electron chi connectivity index (χ3n) is 2.59. The molecule has 16 heavy (non-hydrogen) atoms. The molecule has 0 aromatic carbocycles. The fourth-order valence-corrected chi connectivity index (χ4v) is 1.69. The highest BCUT2D eigenvalue weighted by Gasteiger charge is 2.09. The Morgan fingerprint density at radius 3 is 2.69 bits per heavy atom. The van der Waals surface area contributed by atoms with Crippen molar-refractivity contribution in [2.75, 3.05) is 6.54 Å². The van der Waals surface area contributed by atoms with Gasteiger partial charge in [-0.3, -0.25) is 4.98 Å². The van der Waals surface area contributed by atoms with Crippen LogP contribution in [0.5, 0.6) is 0 Å². The second kappa shape index (κ2) is 6.61. The third kappa shape index (κ3) is 4.73. The number of nitrogens with one attached hydrogen (secondary N) is 1. The second-order valence-corrected chi connectivity index (χ2v) is 4.70. The molecule has 0 spiro atoms. The van der Waals surface area contributed by atoms with E-state index in [0.29, 0.717) is 12.5 Å². The summed E-state index contributed by atoms with van der Waals surface area (Å²) in [6.07, 6.45) is 4.20. The molecule has 0 aliphatic heterocycles. The van der Waals surface area contributed by atoms with Gasteiger partial charge in [0, 0.05) is 25.0 Å². The number of aliphatic hydroxyl groups excluding tert-OH is 1. The molecular formula is C13H22N2O. The van der Waals surface area contributed by atoms with Crippen LogP contribution in [0, 0.1) is 5.92 Å². The van der Waals surface area contributed by atoms with Crippen molar-refractivity contribution in [1.29, 1.82) is 0 Å². The van der Waals surface area contributed by atoms with Gasteiger partial charge in [0.2, 0.25) is 0 Å². The summed E-state index contributed by atoms with van der Waals surface area (Å²) in [7, 11) is 0. The first-order valence-corrected chi connectivity index (χ1v) is 5.91. The lowest BCUT2D eigenvalue weighted by Gasteiger charge is -2.18. The van der Waals surface area contributed by atoms with Crippen LogP contribution in [0.2, 0.25) is 0 Å². The zero-order valence-corrected chi connectivity index (χ0v) is 10.4. The maximum Gasteiger partial charge on any atom is 0.0667 e. The van der Waals surface area contributed by atoms with Gasteiger partial charge in [0.05, 0.1) is 6.10 Å². The fourth-order valence-electron chi connectivity index (χ4n) is 1.69. The number of aromatic nitrogens is 1. The van der Waals surface area contributed by atoms with Gasteiger partial charge in [-0.05, 0) is 30.9 Å². The molecule has 2 unspecified atom stereocenters. The van der Waals surface area contributed by atoms with E-state index in [1.807, 2.05) is 18.3 Å². The van der Waals surface area contributed by atoms with Crippen molar-refractivity contribution in [3.05, 3.63) is 30.1 Å². The summed E-state index contributed by atoms with van der Waals surface area (Å²) in [5.41, 5.74) is 1.15. The van der Waals surface area contributed by atoms with Gasteiger partial charge in [0.15, 0.2) is 0 Å². The molecule has 1 rings (SSSR count). The lowest BCUT2D eigenvalue weighted by Crippen LogP contribution is -2.30. The smallest absolute Gasteiger partial charge is 0.0667 e. The van der Waals surface area contributed by atoms with E-state index in [0.717, 1.165) is 12.0 Å². The van der Waals surface area contributed by atoms with Crippen LogP contribution in [-0.2, 0) is 0 Å². The largest absolute Gasteiger partial charge is 0.392 e. The average Bonchev–Trinajstić information content (AvgIpc) is 2.26. The molecule has 90 valence electrons. The summed E-state index contributed by atoms with van der Waals surface area (Å²) in [6, 6.07) is 4.20. The topological polar surface area (TPSA) is 45.1 Å². The van der Waals surface area contributed by atoms with Gasteiger partial charge < -0.3 is 10.4 Å². The highest BCUT2D eigenvalue weighted by atomic mass is 16.3. The standard InChI is InChI=1S/C13H22N2O/c1-10(2)7-13(16)9-15-11(3)12-5-4-6-14-8-12/h4-6,8,10-11,13,15-16H,7,9H2,1-3H3. The normalized spacial score (nSPS) is 15.1. The van der Waals surface area contributed by atoms with E-state index in [9.17, 15) is 5.11 Å². The molecule has 1 heterocycles. The van der Waals surface area contributed by atoms with Crippen LogP contribution in [0.4, 0.5) is 0 Å². The van der Waals surface area contributed by atoms with Crippen LogP contribution in [0.15, 0.2) is 24.5 Å². The molecule has 2 N–H and O–H groups in total. The highest BCUT2D eigenvalue weighted by Crippen LogP contribution is 2.10. The summed E-state index contributed by atoms with van der Waals surface area (Å²) in [6.45, 7) is 6.95. The first-order valence-electron chi connectivity index (χ1n) is 5.91. The predicted octanol–water partition coefficient (Wildman–Crippen LogP) is 2.14. The third-order valence-corrected chi connectivity index (χ3v) is 2.59. The van der Waals surface area contributed by atoms with E-state index >= 15 is 0 Å². The molecule has 2 atom stereocenters. The van der Waals surface area contributed by atoms with Crippen molar-refractivity contribution in [3.63, 3.8) is 0 Å². The lowest BCUT2D eigenvalue weighted by atomic mass is 10.1. The van der Waals surface area contributed by atoms with Crippen LogP contribution < -0.4 is 5.32 Å². The van der Waals surface area contributed by atoms with Crippen molar-refractivity contribution in [3.8, 4) is 0 Å². The first-order chi connectivity index (χ1) is 7.59. The van der Waals surface area contributed by atoms with Crippen LogP contribution in [0.1, 0.15) is 38.8 Å². The van der Waals surface area contributed by atoms with Crippen molar-refractivity contribution in [1.82, 2.24) is 10.3 Å². The predicted molar refractivity (Wildman–Crippen MR) is 66.1 cm³/mol. The second-order valence-electron chi connectivity index (χ2n) is 4.70. The van der Waals surface area contributed by atoms with E-state index in [2.05, 4.69) is 31.1 Å². The van der Waals surface area contributed by atoms with Gasteiger partial charge in [0.1, 0.15) is 0 Å². The molecule has 0 amide bonds. The number of pyridine rings is 1. The molecule has 1 aromatic rings. The van der Waals surface area contributed by atoms with Gasteiger partial charge >= 0.3 is 0 Å². The molecule has 0 bridgehead atoms. The zero-order valence-electron chi connectivity index (χ0n) is 10.4. The Labute approximate surface area is 97.9 Å². The Bertz CT molecular complexity index is 287. The molecule has 0 aliphatic carbocycles. The summed E-state index contributed by atoms with van der Waals surface area (Å²) < 4.78 is 0. The molecule has 0 aliphatic rings. The van der Waals surface area contributed by atoms with Crippen LogP contribution in [-0.4, -0.2) is 22.7 Å².